The monoisotopic (exact) mass is 450 g/mol. The van der Waals surface area contributed by atoms with Crippen molar-refractivity contribution in [3.8, 4) is 0 Å². The van der Waals surface area contributed by atoms with Gasteiger partial charge in [0.05, 0.1) is 0 Å². The van der Waals surface area contributed by atoms with Crippen LogP contribution >= 0.6 is 0 Å². The molecule has 4 N–H and O–H groups in total. The van der Waals surface area contributed by atoms with Crippen LogP contribution in [-0.4, -0.2) is 36.9 Å². The van der Waals surface area contributed by atoms with Crippen LogP contribution in [0, 0.1) is 18.8 Å². The summed E-state index contributed by atoms with van der Waals surface area (Å²) in [6.45, 7) is 7.48. The van der Waals surface area contributed by atoms with Gasteiger partial charge in [-0.1, -0.05) is 32.0 Å². The van der Waals surface area contributed by atoms with Gasteiger partial charge in [-0.15, -0.1) is 0 Å². The summed E-state index contributed by atoms with van der Waals surface area (Å²) in [5, 5.41) is 5.84. The maximum Gasteiger partial charge on any atom is 0.252 e. The molecular weight excluding hydrogens is 416 g/mol. The Labute approximate surface area is 195 Å². The maximum atomic E-state index is 13.0. The third-order valence-corrected chi connectivity index (χ3v) is 6.12. The van der Waals surface area contributed by atoms with Crippen LogP contribution in [0.4, 0.5) is 11.4 Å². The van der Waals surface area contributed by atoms with E-state index in [9.17, 15) is 14.4 Å². The van der Waals surface area contributed by atoms with Crippen molar-refractivity contribution in [3.63, 3.8) is 0 Å². The SMILES string of the molecule is Cc1ccccc1C(=O)NC(CC(C)C)C(=O)Nc1ccc(N2CCC(C(N)=O)CC2)cc1. The first-order valence-corrected chi connectivity index (χ1v) is 11.6. The fourth-order valence-corrected chi connectivity index (χ4v) is 4.17. The topological polar surface area (TPSA) is 105 Å². The Morgan fingerprint density at radius 3 is 2.24 bits per heavy atom. The fraction of sp³-hybridized carbons (Fsp3) is 0.423. The average Bonchev–Trinajstić information content (AvgIpc) is 2.79. The van der Waals surface area contributed by atoms with Crippen LogP contribution in [-0.2, 0) is 9.59 Å². The van der Waals surface area contributed by atoms with Gasteiger partial charge in [-0.25, -0.2) is 0 Å². The largest absolute Gasteiger partial charge is 0.371 e. The number of amides is 3. The molecule has 0 saturated carbocycles. The fourth-order valence-electron chi connectivity index (χ4n) is 4.17. The van der Waals surface area contributed by atoms with Crippen LogP contribution in [0.15, 0.2) is 48.5 Å². The highest BCUT2D eigenvalue weighted by Crippen LogP contribution is 2.24. The minimum absolute atomic E-state index is 0.0485. The Kier molecular flexibility index (Phi) is 8.09. The summed E-state index contributed by atoms with van der Waals surface area (Å²) < 4.78 is 0. The summed E-state index contributed by atoms with van der Waals surface area (Å²) in [5.74, 6) is -0.515. The number of hydrogen-bond acceptors (Lipinski definition) is 4. The number of piperidine rings is 1. The Balaban J connectivity index is 1.63. The lowest BCUT2D eigenvalue weighted by Gasteiger charge is -2.32. The highest BCUT2D eigenvalue weighted by Gasteiger charge is 2.25. The summed E-state index contributed by atoms with van der Waals surface area (Å²) in [7, 11) is 0. The van der Waals surface area contributed by atoms with Gasteiger partial charge < -0.3 is 21.3 Å². The number of nitrogens with zero attached hydrogens (tertiary/aromatic N) is 1. The van der Waals surface area contributed by atoms with E-state index in [2.05, 4.69) is 15.5 Å². The third kappa shape index (κ3) is 6.57. The van der Waals surface area contributed by atoms with E-state index in [0.717, 1.165) is 37.2 Å². The lowest BCUT2D eigenvalue weighted by atomic mass is 9.96. The summed E-state index contributed by atoms with van der Waals surface area (Å²) in [6, 6.07) is 14.4. The molecule has 3 amide bonds. The van der Waals surface area contributed by atoms with Gasteiger partial charge in [0.1, 0.15) is 6.04 Å². The van der Waals surface area contributed by atoms with E-state index >= 15 is 0 Å². The van der Waals surface area contributed by atoms with Gasteiger partial charge in [0.25, 0.3) is 5.91 Å². The predicted molar refractivity (Wildman–Crippen MR) is 131 cm³/mol. The molecule has 176 valence electrons. The number of benzene rings is 2. The molecule has 2 aromatic carbocycles. The van der Waals surface area contributed by atoms with E-state index in [-0.39, 0.29) is 29.6 Å². The van der Waals surface area contributed by atoms with Gasteiger partial charge >= 0.3 is 0 Å². The Hall–Kier alpha value is -3.35. The van der Waals surface area contributed by atoms with Crippen LogP contribution < -0.4 is 21.3 Å². The smallest absolute Gasteiger partial charge is 0.252 e. The Bertz CT molecular complexity index is 979. The number of nitrogens with two attached hydrogens (primary N) is 1. The Morgan fingerprint density at radius 1 is 1.03 bits per heavy atom. The molecule has 0 aromatic heterocycles. The zero-order valence-electron chi connectivity index (χ0n) is 19.6. The number of hydrogen-bond donors (Lipinski definition) is 3. The van der Waals surface area contributed by atoms with Crippen molar-refractivity contribution >= 4 is 29.1 Å². The molecular formula is C26H34N4O3. The Morgan fingerprint density at radius 2 is 1.67 bits per heavy atom. The zero-order chi connectivity index (χ0) is 24.0. The lowest BCUT2D eigenvalue weighted by Crippen LogP contribution is -2.44. The molecule has 2 aromatic rings. The molecule has 0 bridgehead atoms. The molecule has 1 heterocycles. The van der Waals surface area contributed by atoms with Crippen molar-refractivity contribution in [1.29, 1.82) is 0 Å². The molecule has 7 nitrogen and oxygen atoms in total. The molecule has 7 heteroatoms. The van der Waals surface area contributed by atoms with Crippen LogP contribution in [0.2, 0.25) is 0 Å². The number of carbonyl (C=O) groups is 3. The summed E-state index contributed by atoms with van der Waals surface area (Å²) >= 11 is 0. The van der Waals surface area contributed by atoms with Gasteiger partial charge in [0.2, 0.25) is 11.8 Å². The first-order valence-electron chi connectivity index (χ1n) is 11.6. The van der Waals surface area contributed by atoms with Gasteiger partial charge in [0, 0.05) is 35.9 Å². The number of aryl methyl sites for hydroxylation is 1. The van der Waals surface area contributed by atoms with Crippen LogP contribution in [0.25, 0.3) is 0 Å². The van der Waals surface area contributed by atoms with Gasteiger partial charge in [0.15, 0.2) is 0 Å². The quantitative estimate of drug-likeness (QED) is 0.573. The molecule has 3 rings (SSSR count). The van der Waals surface area contributed by atoms with Crippen molar-refractivity contribution in [1.82, 2.24) is 5.32 Å². The molecule has 1 fully saturated rings. The minimum atomic E-state index is -0.635. The highest BCUT2D eigenvalue weighted by atomic mass is 16.2. The van der Waals surface area contributed by atoms with E-state index in [1.165, 1.54) is 0 Å². The molecule has 1 unspecified atom stereocenters. The number of primary amides is 1. The van der Waals surface area contributed by atoms with E-state index in [0.29, 0.717) is 17.7 Å². The van der Waals surface area contributed by atoms with Crippen LogP contribution in [0.5, 0.6) is 0 Å². The molecule has 33 heavy (non-hydrogen) atoms. The van der Waals surface area contributed by atoms with Crippen LogP contribution in [0.3, 0.4) is 0 Å². The number of carbonyl (C=O) groups excluding carboxylic acids is 3. The number of anilines is 2. The highest BCUT2D eigenvalue weighted by molar-refractivity contribution is 6.01. The normalized spacial score (nSPS) is 15.2. The molecule has 0 spiro atoms. The predicted octanol–water partition coefficient (Wildman–Crippen LogP) is 3.48. The second kappa shape index (κ2) is 11.0. The van der Waals surface area contributed by atoms with Crippen molar-refractivity contribution < 1.29 is 14.4 Å². The molecule has 0 radical (unpaired) electrons. The van der Waals surface area contributed by atoms with Crippen LogP contribution in [0.1, 0.15) is 49.0 Å². The number of nitrogens with one attached hydrogen (secondary N) is 2. The second-order valence-corrected chi connectivity index (χ2v) is 9.17. The average molecular weight is 451 g/mol. The maximum absolute atomic E-state index is 13.0. The van der Waals surface area contributed by atoms with Crippen molar-refractivity contribution in [2.24, 2.45) is 17.6 Å². The zero-order valence-corrected chi connectivity index (χ0v) is 19.6. The standard InChI is InChI=1S/C26H34N4O3/c1-17(2)16-23(29-25(32)22-7-5-4-6-18(22)3)26(33)28-20-8-10-21(11-9-20)30-14-12-19(13-15-30)24(27)31/h4-11,17,19,23H,12-16H2,1-3H3,(H2,27,31)(H,28,33)(H,29,32). The van der Waals surface area contributed by atoms with Gasteiger partial charge in [-0.2, -0.15) is 0 Å². The molecule has 1 atom stereocenters. The van der Waals surface area contributed by atoms with Crippen molar-refractivity contribution in [2.75, 3.05) is 23.3 Å². The van der Waals surface area contributed by atoms with E-state index < -0.39 is 6.04 Å². The first kappa shape index (κ1) is 24.3. The van der Waals surface area contributed by atoms with E-state index in [1.807, 2.05) is 63.2 Å². The first-order chi connectivity index (χ1) is 15.7. The van der Waals surface area contributed by atoms with E-state index in [4.69, 9.17) is 5.73 Å². The second-order valence-electron chi connectivity index (χ2n) is 9.17. The summed E-state index contributed by atoms with van der Waals surface area (Å²) in [4.78, 5) is 39.4. The van der Waals surface area contributed by atoms with Gasteiger partial charge in [-0.3, -0.25) is 14.4 Å². The van der Waals surface area contributed by atoms with E-state index in [1.54, 1.807) is 6.07 Å². The third-order valence-electron chi connectivity index (χ3n) is 6.12. The molecule has 0 aliphatic carbocycles. The molecule has 1 aliphatic rings. The lowest BCUT2D eigenvalue weighted by molar-refractivity contribution is -0.122. The number of rotatable bonds is 8. The summed E-state index contributed by atoms with van der Waals surface area (Å²) in [5.41, 5.74) is 8.58. The molecule has 1 aliphatic heterocycles. The van der Waals surface area contributed by atoms with Crippen molar-refractivity contribution in [3.05, 3.63) is 59.7 Å². The minimum Gasteiger partial charge on any atom is -0.371 e. The summed E-state index contributed by atoms with van der Waals surface area (Å²) in [6.07, 6.45) is 2.05. The molecule has 1 saturated heterocycles. The van der Waals surface area contributed by atoms with Gasteiger partial charge in [-0.05, 0) is 68.0 Å². The van der Waals surface area contributed by atoms with Crippen molar-refractivity contribution in [2.45, 2.75) is 46.1 Å².